The molecule has 2 bridgehead atoms. The summed E-state index contributed by atoms with van der Waals surface area (Å²) in [7, 11) is 2.19. The number of likely N-dealkylation sites (tertiary alicyclic amines) is 1. The second-order valence-electron chi connectivity index (χ2n) is 7.45. The molecule has 1 aromatic carbocycles. The Labute approximate surface area is 158 Å². The first-order chi connectivity index (χ1) is 11.9. The highest BCUT2D eigenvalue weighted by Crippen LogP contribution is 2.62. The molecule has 7 heteroatoms. The minimum atomic E-state index is -0.833. The van der Waals surface area contributed by atoms with Gasteiger partial charge in [-0.05, 0) is 38.1 Å². The summed E-state index contributed by atoms with van der Waals surface area (Å²) >= 11 is 0. The average molecular weight is 382 g/mol. The van der Waals surface area contributed by atoms with Gasteiger partial charge in [-0.15, -0.1) is 12.4 Å². The molecule has 0 aromatic heterocycles. The summed E-state index contributed by atoms with van der Waals surface area (Å²) in [6, 6.07) is 4.23. The van der Waals surface area contributed by atoms with Gasteiger partial charge in [-0.2, -0.15) is 0 Å². The SMILES string of the molecule is CC(=O)O.CN1CC[C@]23c4c5ccc(O)c4O[C@H]2[C@@H](O)C=C[C@H]3[C@H]1C5.Cl. The number of nitrogens with zero attached hydrogens (tertiary/aromatic N) is 1. The summed E-state index contributed by atoms with van der Waals surface area (Å²) < 4.78 is 6.09. The second-order valence-corrected chi connectivity index (χ2v) is 7.45. The van der Waals surface area contributed by atoms with Gasteiger partial charge in [0.25, 0.3) is 5.97 Å². The Morgan fingerprint density at radius 3 is 2.73 bits per heavy atom. The fourth-order valence-electron chi connectivity index (χ4n) is 5.24. The van der Waals surface area contributed by atoms with Crippen molar-refractivity contribution < 1.29 is 24.9 Å². The third-order valence-electron chi connectivity index (χ3n) is 6.15. The molecule has 3 N–H and O–H groups in total. The van der Waals surface area contributed by atoms with Crippen LogP contribution in [0.3, 0.4) is 0 Å². The molecule has 2 aliphatic carbocycles. The highest BCUT2D eigenvalue weighted by Gasteiger charge is 2.64. The van der Waals surface area contributed by atoms with Crippen molar-refractivity contribution in [3.8, 4) is 11.5 Å². The second kappa shape index (κ2) is 6.44. The lowest BCUT2D eigenvalue weighted by atomic mass is 9.53. The van der Waals surface area contributed by atoms with Gasteiger partial charge in [0.05, 0.1) is 0 Å². The van der Waals surface area contributed by atoms with Crippen LogP contribution >= 0.6 is 12.4 Å². The van der Waals surface area contributed by atoms with Crippen LogP contribution in [0.1, 0.15) is 24.5 Å². The number of benzene rings is 1. The van der Waals surface area contributed by atoms with Crippen molar-refractivity contribution in [2.75, 3.05) is 13.6 Å². The lowest BCUT2D eigenvalue weighted by Gasteiger charge is -2.56. The molecule has 6 nitrogen and oxygen atoms in total. The number of likely N-dealkylation sites (N-methyl/N-ethyl adjacent to an activating group) is 1. The zero-order valence-electron chi connectivity index (χ0n) is 14.8. The summed E-state index contributed by atoms with van der Waals surface area (Å²) in [4.78, 5) is 11.4. The van der Waals surface area contributed by atoms with Crippen LogP contribution in [-0.4, -0.2) is 58.0 Å². The molecule has 2 heterocycles. The van der Waals surface area contributed by atoms with Crippen LogP contribution in [-0.2, 0) is 16.6 Å². The third-order valence-corrected chi connectivity index (χ3v) is 6.15. The van der Waals surface area contributed by atoms with E-state index in [-0.39, 0.29) is 29.7 Å². The maximum absolute atomic E-state index is 10.4. The van der Waals surface area contributed by atoms with Gasteiger partial charge in [-0.3, -0.25) is 4.79 Å². The molecule has 0 unspecified atom stereocenters. The Morgan fingerprint density at radius 1 is 1.35 bits per heavy atom. The van der Waals surface area contributed by atoms with Crippen molar-refractivity contribution in [2.24, 2.45) is 5.92 Å². The van der Waals surface area contributed by atoms with E-state index < -0.39 is 12.1 Å². The summed E-state index contributed by atoms with van der Waals surface area (Å²) in [6.07, 6.45) is 5.18. The predicted molar refractivity (Wildman–Crippen MR) is 98.1 cm³/mol. The van der Waals surface area contributed by atoms with Crippen LogP contribution in [0.25, 0.3) is 0 Å². The number of rotatable bonds is 0. The van der Waals surface area contributed by atoms with Gasteiger partial charge in [0.1, 0.15) is 12.2 Å². The van der Waals surface area contributed by atoms with Crippen molar-refractivity contribution >= 4 is 18.4 Å². The van der Waals surface area contributed by atoms with Crippen molar-refractivity contribution in [3.05, 3.63) is 35.4 Å². The number of phenolic OH excluding ortho intramolecular Hbond substituents is 1. The maximum Gasteiger partial charge on any atom is 0.300 e. The van der Waals surface area contributed by atoms with E-state index in [0.717, 1.165) is 26.3 Å². The van der Waals surface area contributed by atoms with Crippen LogP contribution < -0.4 is 4.74 Å². The number of carbonyl (C=O) groups is 1. The van der Waals surface area contributed by atoms with E-state index >= 15 is 0 Å². The van der Waals surface area contributed by atoms with E-state index in [1.54, 1.807) is 6.07 Å². The molecule has 142 valence electrons. The minimum Gasteiger partial charge on any atom is -0.504 e. The number of phenols is 1. The molecule has 0 radical (unpaired) electrons. The Morgan fingerprint density at radius 2 is 2.04 bits per heavy atom. The number of aliphatic carboxylic acids is 1. The van der Waals surface area contributed by atoms with Crippen LogP contribution in [0.2, 0.25) is 0 Å². The summed E-state index contributed by atoms with van der Waals surface area (Å²) in [5.74, 6) is 0.356. The zero-order chi connectivity index (χ0) is 17.9. The summed E-state index contributed by atoms with van der Waals surface area (Å²) in [5, 5.41) is 28.1. The first-order valence-corrected chi connectivity index (χ1v) is 8.64. The number of carboxylic acid groups (broad SMARTS) is 1. The van der Waals surface area contributed by atoms with Gasteiger partial charge in [0.2, 0.25) is 0 Å². The maximum atomic E-state index is 10.4. The Hall–Kier alpha value is -1.76. The van der Waals surface area contributed by atoms with Crippen LogP contribution in [0.4, 0.5) is 0 Å². The number of aliphatic hydroxyl groups excluding tert-OH is 1. The minimum absolute atomic E-state index is 0. The van der Waals surface area contributed by atoms with E-state index in [9.17, 15) is 10.2 Å². The largest absolute Gasteiger partial charge is 0.504 e. The Bertz CT molecular complexity index is 763. The molecule has 26 heavy (non-hydrogen) atoms. The monoisotopic (exact) mass is 381 g/mol. The first kappa shape index (κ1) is 19.0. The molecule has 1 saturated heterocycles. The van der Waals surface area contributed by atoms with E-state index in [1.165, 1.54) is 11.1 Å². The number of hydrogen-bond acceptors (Lipinski definition) is 5. The van der Waals surface area contributed by atoms with Gasteiger partial charge in [-0.25, -0.2) is 0 Å². The van der Waals surface area contributed by atoms with Crippen molar-refractivity contribution in [3.63, 3.8) is 0 Å². The quantitative estimate of drug-likeness (QED) is 0.593. The number of aromatic hydroxyl groups is 1. The molecular weight excluding hydrogens is 358 g/mol. The fourth-order valence-corrected chi connectivity index (χ4v) is 5.24. The summed E-state index contributed by atoms with van der Waals surface area (Å²) in [6.45, 7) is 2.09. The van der Waals surface area contributed by atoms with Crippen LogP contribution in [0, 0.1) is 5.92 Å². The average Bonchev–Trinajstić information content (AvgIpc) is 2.90. The summed E-state index contributed by atoms with van der Waals surface area (Å²) in [5.41, 5.74) is 2.29. The number of halogens is 1. The lowest BCUT2D eigenvalue weighted by molar-refractivity contribution is -0.134. The molecule has 0 saturated carbocycles. The van der Waals surface area contributed by atoms with E-state index in [4.69, 9.17) is 14.6 Å². The number of hydrogen-bond donors (Lipinski definition) is 3. The van der Waals surface area contributed by atoms with Crippen LogP contribution in [0.15, 0.2) is 24.3 Å². The van der Waals surface area contributed by atoms with Crippen molar-refractivity contribution in [2.45, 2.75) is 43.4 Å². The number of aliphatic hydroxyl groups is 1. The molecule has 1 aromatic rings. The number of ether oxygens (including phenoxy) is 1. The smallest absolute Gasteiger partial charge is 0.300 e. The lowest BCUT2D eigenvalue weighted by Crippen LogP contribution is -2.64. The predicted octanol–water partition coefficient (Wildman–Crippen LogP) is 1.71. The number of piperidine rings is 1. The standard InChI is InChI=1S/C17H19NO3.C2H4O2.ClH/c1-18-7-6-17-10-3-5-13(20)16(17)21-15-12(19)4-2-9(14(15)17)8-11(10)18;1-2(3)4;/h2-5,10-11,13,16,19-20H,6-8H2,1H3;1H3,(H,3,4);1H/t10-,11+,13-,16-,17-;;/m0../s1. The van der Waals surface area contributed by atoms with Crippen molar-refractivity contribution in [1.29, 1.82) is 0 Å². The van der Waals surface area contributed by atoms with Gasteiger partial charge < -0.3 is 25.0 Å². The van der Waals surface area contributed by atoms with Gasteiger partial charge in [-0.1, -0.05) is 18.2 Å². The van der Waals surface area contributed by atoms with Gasteiger partial charge in [0.15, 0.2) is 11.5 Å². The van der Waals surface area contributed by atoms with E-state index in [2.05, 4.69) is 18.0 Å². The van der Waals surface area contributed by atoms with Gasteiger partial charge in [0, 0.05) is 29.9 Å². The zero-order valence-corrected chi connectivity index (χ0v) is 15.6. The van der Waals surface area contributed by atoms with Gasteiger partial charge >= 0.3 is 0 Å². The third kappa shape index (κ3) is 2.43. The Kier molecular flexibility index (Phi) is 4.71. The first-order valence-electron chi connectivity index (χ1n) is 8.64. The molecule has 4 aliphatic rings. The fraction of sp³-hybridized carbons (Fsp3) is 0.526. The number of carboxylic acids is 1. The molecule has 5 rings (SSSR count). The van der Waals surface area contributed by atoms with E-state index in [0.29, 0.717) is 17.7 Å². The van der Waals surface area contributed by atoms with Crippen LogP contribution in [0.5, 0.6) is 11.5 Å². The highest BCUT2D eigenvalue weighted by molar-refractivity contribution is 5.85. The molecule has 0 amide bonds. The molecule has 2 aliphatic heterocycles. The Balaban J connectivity index is 0.000000360. The van der Waals surface area contributed by atoms with Crippen molar-refractivity contribution in [1.82, 2.24) is 4.90 Å². The normalized spacial score (nSPS) is 35.3. The molecular formula is C19H24ClNO5. The molecule has 1 spiro atoms. The topological polar surface area (TPSA) is 90.2 Å². The van der Waals surface area contributed by atoms with E-state index in [1.807, 2.05) is 12.1 Å². The molecule has 1 fully saturated rings. The highest BCUT2D eigenvalue weighted by atomic mass is 35.5. The molecule has 5 atom stereocenters.